The molecule has 0 radical (unpaired) electrons. The van der Waals surface area contributed by atoms with E-state index in [4.69, 9.17) is 28.9 Å². The van der Waals surface area contributed by atoms with Gasteiger partial charge < -0.3 is 16.4 Å². The minimum Gasteiger partial charge on any atom is -0.382 e. The number of rotatable bonds is 6. The summed E-state index contributed by atoms with van der Waals surface area (Å²) in [6, 6.07) is 1.70. The smallest absolute Gasteiger partial charge is 0.221 e. The van der Waals surface area contributed by atoms with Crippen LogP contribution in [0.1, 0.15) is 26.7 Å². The van der Waals surface area contributed by atoms with Gasteiger partial charge in [0, 0.05) is 19.0 Å². The fourth-order valence-corrected chi connectivity index (χ4v) is 1.77. The molecule has 5 nitrogen and oxygen atoms in total. The Morgan fingerprint density at radius 1 is 1.47 bits per heavy atom. The molecule has 0 aromatic carbocycles. The highest BCUT2D eigenvalue weighted by Gasteiger charge is 2.08. The zero-order valence-corrected chi connectivity index (χ0v) is 12.5. The molecule has 0 aliphatic heterocycles. The van der Waals surface area contributed by atoms with Gasteiger partial charge in [-0.3, -0.25) is 4.79 Å². The van der Waals surface area contributed by atoms with Crippen LogP contribution in [-0.4, -0.2) is 23.5 Å². The molecule has 1 atom stereocenters. The number of amides is 1. The first-order chi connectivity index (χ1) is 8.93. The summed E-state index contributed by atoms with van der Waals surface area (Å²) in [6.07, 6.45) is 1.24. The number of hydrogen-bond donors (Lipinski definition) is 3. The van der Waals surface area contributed by atoms with E-state index in [2.05, 4.69) is 15.6 Å². The van der Waals surface area contributed by atoms with Crippen molar-refractivity contribution in [3.05, 3.63) is 16.1 Å². The molecule has 0 saturated heterocycles. The number of nitrogens with two attached hydrogens (primary N) is 1. The summed E-state index contributed by atoms with van der Waals surface area (Å²) in [6.45, 7) is 4.41. The van der Waals surface area contributed by atoms with Gasteiger partial charge >= 0.3 is 0 Å². The fraction of sp³-hybridized carbons (Fsp3) is 0.500. The van der Waals surface area contributed by atoms with Gasteiger partial charge in [0.1, 0.15) is 11.6 Å². The van der Waals surface area contributed by atoms with Crippen LogP contribution >= 0.6 is 23.2 Å². The Kier molecular flexibility index (Phi) is 6.18. The van der Waals surface area contributed by atoms with Gasteiger partial charge in [0.15, 0.2) is 0 Å². The minimum atomic E-state index is -0.0140. The predicted octanol–water partition coefficient (Wildman–Crippen LogP) is 2.69. The molecule has 1 amide bonds. The first-order valence-corrected chi connectivity index (χ1v) is 6.84. The Morgan fingerprint density at radius 3 is 2.79 bits per heavy atom. The number of nitrogens with zero attached hydrogens (tertiary/aromatic N) is 1. The molecule has 1 unspecified atom stereocenters. The van der Waals surface area contributed by atoms with Crippen LogP contribution in [0, 0.1) is 0 Å². The van der Waals surface area contributed by atoms with E-state index in [9.17, 15) is 4.79 Å². The van der Waals surface area contributed by atoms with E-state index >= 15 is 0 Å². The molecule has 19 heavy (non-hydrogen) atoms. The van der Waals surface area contributed by atoms with Crippen molar-refractivity contribution in [3.8, 4) is 0 Å². The van der Waals surface area contributed by atoms with E-state index in [-0.39, 0.29) is 17.8 Å². The van der Waals surface area contributed by atoms with E-state index in [1.807, 2.05) is 13.8 Å². The average Bonchev–Trinajstić information content (AvgIpc) is 2.35. The van der Waals surface area contributed by atoms with Crippen LogP contribution in [0.4, 0.5) is 11.6 Å². The lowest BCUT2D eigenvalue weighted by Crippen LogP contribution is -2.33. The van der Waals surface area contributed by atoms with Crippen molar-refractivity contribution in [1.82, 2.24) is 10.3 Å². The average molecular weight is 305 g/mol. The molecule has 4 N–H and O–H groups in total. The van der Waals surface area contributed by atoms with Crippen LogP contribution in [0.5, 0.6) is 0 Å². The quantitative estimate of drug-likeness (QED) is 0.755. The van der Waals surface area contributed by atoms with Crippen molar-refractivity contribution >= 4 is 40.7 Å². The Morgan fingerprint density at radius 2 is 2.16 bits per heavy atom. The van der Waals surface area contributed by atoms with E-state index in [1.54, 1.807) is 0 Å². The summed E-state index contributed by atoms with van der Waals surface area (Å²) >= 11 is 11.7. The molecule has 1 aromatic heterocycles. The van der Waals surface area contributed by atoms with Crippen molar-refractivity contribution in [2.75, 3.05) is 17.6 Å². The number of nitrogen functional groups attached to an aromatic ring is 1. The summed E-state index contributed by atoms with van der Waals surface area (Å²) in [5, 5.41) is 6.52. The van der Waals surface area contributed by atoms with Gasteiger partial charge in [-0.15, -0.1) is 0 Å². The molecule has 1 rings (SSSR count). The Bertz CT molecular complexity index is 454. The number of anilines is 2. The molecule has 0 aliphatic rings. The molecular formula is C12H18Cl2N4O. The minimum absolute atomic E-state index is 0.0140. The van der Waals surface area contributed by atoms with Crippen molar-refractivity contribution in [3.63, 3.8) is 0 Å². The number of aromatic nitrogens is 1. The summed E-state index contributed by atoms with van der Waals surface area (Å²) in [5.41, 5.74) is 5.58. The summed E-state index contributed by atoms with van der Waals surface area (Å²) in [7, 11) is 0. The van der Waals surface area contributed by atoms with Gasteiger partial charge in [-0.05, 0) is 19.4 Å². The van der Waals surface area contributed by atoms with Crippen LogP contribution in [0.25, 0.3) is 0 Å². The lowest BCUT2D eigenvalue weighted by Gasteiger charge is -2.12. The van der Waals surface area contributed by atoms with Gasteiger partial charge in [0.05, 0.1) is 10.0 Å². The second-order valence-corrected chi connectivity index (χ2v) is 5.05. The fourth-order valence-electron chi connectivity index (χ4n) is 1.35. The summed E-state index contributed by atoms with van der Waals surface area (Å²) in [5.74, 6) is 0.623. The highest BCUT2D eigenvalue weighted by Crippen LogP contribution is 2.27. The molecule has 0 saturated carbocycles. The Balaban J connectivity index is 2.45. The van der Waals surface area contributed by atoms with Crippen LogP contribution in [-0.2, 0) is 4.79 Å². The molecule has 7 heteroatoms. The lowest BCUT2D eigenvalue weighted by molar-refractivity contribution is -0.121. The lowest BCUT2D eigenvalue weighted by atomic mass is 10.2. The molecule has 1 heterocycles. The molecule has 0 spiro atoms. The van der Waals surface area contributed by atoms with Crippen LogP contribution < -0.4 is 16.4 Å². The number of pyridine rings is 1. The maximum Gasteiger partial charge on any atom is 0.221 e. The normalized spacial score (nSPS) is 12.0. The largest absolute Gasteiger partial charge is 0.382 e. The van der Waals surface area contributed by atoms with E-state index in [0.29, 0.717) is 28.8 Å². The van der Waals surface area contributed by atoms with Crippen molar-refractivity contribution in [2.24, 2.45) is 0 Å². The molecule has 0 aliphatic carbocycles. The molecule has 1 aromatic rings. The summed E-state index contributed by atoms with van der Waals surface area (Å²) in [4.78, 5) is 15.6. The zero-order valence-electron chi connectivity index (χ0n) is 11.0. The number of carbonyl (C=O) groups excluding carboxylic acids is 1. The highest BCUT2D eigenvalue weighted by molar-refractivity contribution is 6.37. The third-order valence-electron chi connectivity index (χ3n) is 2.62. The predicted molar refractivity (Wildman–Crippen MR) is 79.7 cm³/mol. The third-order valence-corrected chi connectivity index (χ3v) is 3.21. The van der Waals surface area contributed by atoms with Gasteiger partial charge in [-0.1, -0.05) is 30.1 Å². The Labute approximate surface area is 122 Å². The maximum atomic E-state index is 11.6. The zero-order chi connectivity index (χ0) is 14.4. The Hall–Kier alpha value is -1.20. The number of nitrogens with one attached hydrogen (secondary N) is 2. The third kappa shape index (κ3) is 5.12. The van der Waals surface area contributed by atoms with Crippen LogP contribution in [0.15, 0.2) is 6.07 Å². The van der Waals surface area contributed by atoms with Crippen molar-refractivity contribution in [1.29, 1.82) is 0 Å². The topological polar surface area (TPSA) is 80.0 Å². The van der Waals surface area contributed by atoms with E-state index in [0.717, 1.165) is 6.42 Å². The molecule has 106 valence electrons. The first kappa shape index (κ1) is 15.9. The van der Waals surface area contributed by atoms with Gasteiger partial charge in [-0.25, -0.2) is 4.98 Å². The van der Waals surface area contributed by atoms with Crippen molar-refractivity contribution < 1.29 is 4.79 Å². The SMILES string of the molecule is CCC(C)NC(=O)CCNc1nc(N)c(Cl)cc1Cl. The second kappa shape index (κ2) is 7.40. The maximum absolute atomic E-state index is 11.6. The molecular weight excluding hydrogens is 287 g/mol. The highest BCUT2D eigenvalue weighted by atomic mass is 35.5. The second-order valence-electron chi connectivity index (χ2n) is 4.24. The van der Waals surface area contributed by atoms with E-state index in [1.165, 1.54) is 6.07 Å². The van der Waals surface area contributed by atoms with Gasteiger partial charge in [0.25, 0.3) is 0 Å². The van der Waals surface area contributed by atoms with Crippen LogP contribution in [0.2, 0.25) is 10.0 Å². The monoisotopic (exact) mass is 304 g/mol. The van der Waals surface area contributed by atoms with Crippen molar-refractivity contribution in [2.45, 2.75) is 32.7 Å². The number of halogens is 2. The molecule has 0 fully saturated rings. The standard InChI is InChI=1S/C12H18Cl2N4O/c1-3-7(2)17-10(19)4-5-16-12-9(14)6-8(13)11(15)18-12/h6-7H,3-5H2,1-2H3,(H,17,19)(H3,15,16,18). The summed E-state index contributed by atoms with van der Waals surface area (Å²) < 4.78 is 0. The molecule has 0 bridgehead atoms. The van der Waals surface area contributed by atoms with Gasteiger partial charge in [-0.2, -0.15) is 0 Å². The van der Waals surface area contributed by atoms with E-state index < -0.39 is 0 Å². The number of hydrogen-bond acceptors (Lipinski definition) is 4. The first-order valence-electron chi connectivity index (χ1n) is 6.08. The van der Waals surface area contributed by atoms with Gasteiger partial charge in [0.2, 0.25) is 5.91 Å². The number of carbonyl (C=O) groups is 1. The van der Waals surface area contributed by atoms with Crippen LogP contribution in [0.3, 0.4) is 0 Å².